The highest BCUT2D eigenvalue weighted by molar-refractivity contribution is 6.11. The van der Waals surface area contributed by atoms with Crippen molar-refractivity contribution in [2.24, 2.45) is 0 Å². The van der Waals surface area contributed by atoms with E-state index in [2.05, 4.69) is 201 Å². The Balaban J connectivity index is 1.18. The van der Waals surface area contributed by atoms with E-state index in [-0.39, 0.29) is 0 Å². The van der Waals surface area contributed by atoms with Crippen molar-refractivity contribution < 1.29 is 0 Å². The average molecular weight is 747 g/mol. The van der Waals surface area contributed by atoms with Gasteiger partial charge in [-0.15, -0.1) is 0 Å². The minimum absolute atomic E-state index is 0.715. The number of hydrogen-bond acceptors (Lipinski definition) is 5. The molecular formula is C52H38N6. The van der Waals surface area contributed by atoms with Gasteiger partial charge in [-0.1, -0.05) is 78.9 Å². The lowest BCUT2D eigenvalue weighted by atomic mass is 9.92. The van der Waals surface area contributed by atoms with Crippen LogP contribution in [0.4, 0.5) is 17.1 Å². The second-order valence-corrected chi connectivity index (χ2v) is 14.5. The van der Waals surface area contributed by atoms with Gasteiger partial charge in [0.1, 0.15) is 0 Å². The zero-order valence-corrected chi connectivity index (χ0v) is 32.2. The number of benzene rings is 7. The molecule has 6 nitrogen and oxygen atoms in total. The summed E-state index contributed by atoms with van der Waals surface area (Å²) < 4.78 is 2.42. The van der Waals surface area contributed by atoms with Crippen LogP contribution in [0.2, 0.25) is 0 Å². The van der Waals surface area contributed by atoms with Crippen LogP contribution in [0.3, 0.4) is 0 Å². The third-order valence-corrected chi connectivity index (χ3v) is 10.8. The largest absolute Gasteiger partial charge is 0.310 e. The molecule has 0 aliphatic heterocycles. The lowest BCUT2D eigenvalue weighted by Crippen LogP contribution is -2.09. The second-order valence-electron chi connectivity index (χ2n) is 14.5. The lowest BCUT2D eigenvalue weighted by Gasteiger charge is -2.25. The molecule has 0 radical (unpaired) electrons. The molecule has 0 fully saturated rings. The summed E-state index contributed by atoms with van der Waals surface area (Å²) in [6.45, 7) is 4.34. The number of aromatic nitrogens is 5. The molecule has 0 amide bonds. The summed E-state index contributed by atoms with van der Waals surface area (Å²) in [6, 6.07) is 60.4. The molecule has 0 aliphatic rings. The summed E-state index contributed by atoms with van der Waals surface area (Å²) >= 11 is 0. The van der Waals surface area contributed by atoms with E-state index in [1.54, 1.807) is 24.8 Å². The highest BCUT2D eigenvalue weighted by Crippen LogP contribution is 2.41. The molecule has 10 aromatic rings. The number of rotatable bonds is 8. The van der Waals surface area contributed by atoms with Gasteiger partial charge in [0.15, 0.2) is 11.6 Å². The minimum atomic E-state index is 0.715. The van der Waals surface area contributed by atoms with Gasteiger partial charge in [-0.05, 0) is 138 Å². The minimum Gasteiger partial charge on any atom is -0.310 e. The van der Waals surface area contributed by atoms with Crippen LogP contribution in [0.5, 0.6) is 0 Å². The van der Waals surface area contributed by atoms with Crippen molar-refractivity contribution in [3.63, 3.8) is 0 Å². The van der Waals surface area contributed by atoms with Crippen molar-refractivity contribution in [3.05, 3.63) is 206 Å². The standard InChI is InChI=1S/C52H38N6/c1-35-29-37(51-53-25-11-26-54-51)19-22-45(35)39-31-40(46-23-20-38(30-36(46)2)52-55-27-12-28-56-52)33-44(32-39)58-49-18-10-9-17-47(49)48-34-43(21-24-50(48)58)57(41-13-5-3-6-14-41)42-15-7-4-8-16-42/h3-34H,1-2H3. The SMILES string of the molecule is Cc1cc(-c2ncccn2)ccc1-c1cc(-c2ccc(-c3ncccn3)cc2C)cc(-n2c3ccccc3c3cc(N(c4ccccc4)c4ccccc4)ccc32)c1. The summed E-state index contributed by atoms with van der Waals surface area (Å²) in [5.74, 6) is 1.43. The fraction of sp³-hybridized carbons (Fsp3) is 0.0385. The zero-order chi connectivity index (χ0) is 39.0. The summed E-state index contributed by atoms with van der Waals surface area (Å²) in [5, 5.41) is 2.38. The third-order valence-electron chi connectivity index (χ3n) is 10.8. The molecule has 3 aromatic heterocycles. The first-order chi connectivity index (χ1) is 28.6. The third kappa shape index (κ3) is 6.36. The highest BCUT2D eigenvalue weighted by atomic mass is 15.1. The van der Waals surface area contributed by atoms with Crippen molar-refractivity contribution in [2.75, 3.05) is 4.90 Å². The number of para-hydroxylation sites is 3. The Labute approximate surface area is 337 Å². The van der Waals surface area contributed by atoms with Gasteiger partial charge in [0.25, 0.3) is 0 Å². The van der Waals surface area contributed by atoms with Crippen LogP contribution in [0, 0.1) is 13.8 Å². The summed E-state index contributed by atoms with van der Waals surface area (Å²) in [7, 11) is 0. The van der Waals surface area contributed by atoms with Gasteiger partial charge < -0.3 is 9.47 Å². The van der Waals surface area contributed by atoms with E-state index in [4.69, 9.17) is 0 Å². The Kier molecular flexibility index (Phi) is 8.84. The molecule has 3 heterocycles. The van der Waals surface area contributed by atoms with Gasteiger partial charge in [0, 0.05) is 69.4 Å². The van der Waals surface area contributed by atoms with Crippen LogP contribution in [0.1, 0.15) is 11.1 Å². The van der Waals surface area contributed by atoms with Crippen LogP contribution in [0.25, 0.3) is 72.5 Å². The number of nitrogens with zero attached hydrogens (tertiary/aromatic N) is 6. The summed E-state index contributed by atoms with van der Waals surface area (Å²) in [5.41, 5.74) is 15.5. The number of anilines is 3. The molecule has 10 rings (SSSR count). The van der Waals surface area contributed by atoms with E-state index < -0.39 is 0 Å². The molecule has 0 spiro atoms. The Morgan fingerprint density at radius 3 is 1.41 bits per heavy atom. The van der Waals surface area contributed by atoms with E-state index in [1.165, 1.54) is 10.8 Å². The van der Waals surface area contributed by atoms with Gasteiger partial charge in [0.2, 0.25) is 0 Å². The molecule has 0 unspecified atom stereocenters. The molecule has 7 aromatic carbocycles. The van der Waals surface area contributed by atoms with Gasteiger partial charge in [-0.2, -0.15) is 0 Å². The Morgan fingerprint density at radius 1 is 0.379 bits per heavy atom. The fourth-order valence-electron chi connectivity index (χ4n) is 8.18. The molecule has 0 saturated carbocycles. The molecule has 0 aliphatic carbocycles. The number of fused-ring (bicyclic) bond motifs is 3. The van der Waals surface area contributed by atoms with Gasteiger partial charge >= 0.3 is 0 Å². The van der Waals surface area contributed by atoms with Crippen molar-refractivity contribution >= 4 is 38.9 Å². The molecule has 0 bridgehead atoms. The first-order valence-electron chi connectivity index (χ1n) is 19.4. The molecule has 6 heteroatoms. The normalized spacial score (nSPS) is 11.3. The topological polar surface area (TPSA) is 59.7 Å². The Hall–Kier alpha value is -7.70. The monoisotopic (exact) mass is 746 g/mol. The predicted molar refractivity (Wildman–Crippen MR) is 238 cm³/mol. The highest BCUT2D eigenvalue weighted by Gasteiger charge is 2.19. The predicted octanol–water partition coefficient (Wildman–Crippen LogP) is 13.1. The van der Waals surface area contributed by atoms with E-state index in [9.17, 15) is 0 Å². The van der Waals surface area contributed by atoms with Gasteiger partial charge in [0.05, 0.1) is 11.0 Å². The number of hydrogen-bond donors (Lipinski definition) is 0. The number of aryl methyl sites for hydroxylation is 2. The summed E-state index contributed by atoms with van der Waals surface area (Å²) in [6.07, 6.45) is 7.14. The first kappa shape index (κ1) is 34.8. The van der Waals surface area contributed by atoms with E-state index in [0.717, 1.165) is 78.3 Å². The van der Waals surface area contributed by atoms with Crippen LogP contribution in [-0.4, -0.2) is 24.5 Å². The van der Waals surface area contributed by atoms with Crippen molar-refractivity contribution in [1.29, 1.82) is 0 Å². The van der Waals surface area contributed by atoms with Gasteiger partial charge in [-0.3, -0.25) is 0 Å². The smallest absolute Gasteiger partial charge is 0.159 e. The lowest BCUT2D eigenvalue weighted by molar-refractivity contribution is 1.17. The van der Waals surface area contributed by atoms with Crippen LogP contribution in [-0.2, 0) is 0 Å². The van der Waals surface area contributed by atoms with E-state index in [1.807, 2.05) is 12.1 Å². The molecule has 0 atom stereocenters. The van der Waals surface area contributed by atoms with Crippen LogP contribution < -0.4 is 4.90 Å². The molecule has 276 valence electrons. The van der Waals surface area contributed by atoms with E-state index >= 15 is 0 Å². The Bertz CT molecular complexity index is 2920. The second kappa shape index (κ2) is 14.8. The molecular weight excluding hydrogens is 709 g/mol. The molecule has 0 N–H and O–H groups in total. The fourth-order valence-corrected chi connectivity index (χ4v) is 8.18. The maximum atomic E-state index is 4.52. The maximum Gasteiger partial charge on any atom is 0.159 e. The quantitative estimate of drug-likeness (QED) is 0.155. The molecule has 58 heavy (non-hydrogen) atoms. The molecule has 0 saturated heterocycles. The van der Waals surface area contributed by atoms with Crippen molar-refractivity contribution in [1.82, 2.24) is 24.5 Å². The summed E-state index contributed by atoms with van der Waals surface area (Å²) in [4.78, 5) is 20.4. The van der Waals surface area contributed by atoms with Crippen LogP contribution >= 0.6 is 0 Å². The van der Waals surface area contributed by atoms with Crippen LogP contribution in [0.15, 0.2) is 195 Å². The van der Waals surface area contributed by atoms with Crippen molar-refractivity contribution in [2.45, 2.75) is 13.8 Å². The van der Waals surface area contributed by atoms with Gasteiger partial charge in [-0.25, -0.2) is 19.9 Å². The zero-order valence-electron chi connectivity index (χ0n) is 32.2. The Morgan fingerprint density at radius 2 is 0.879 bits per heavy atom. The van der Waals surface area contributed by atoms with Crippen molar-refractivity contribution in [3.8, 4) is 50.7 Å². The average Bonchev–Trinajstić information content (AvgIpc) is 3.61. The van der Waals surface area contributed by atoms with E-state index in [0.29, 0.717) is 11.6 Å². The first-order valence-corrected chi connectivity index (χ1v) is 19.4. The maximum absolute atomic E-state index is 4.52.